The minimum Gasteiger partial charge on any atom is -0.381 e. The topological polar surface area (TPSA) is 81.7 Å². The number of rotatable bonds is 4. The van der Waals surface area contributed by atoms with E-state index in [0.717, 1.165) is 11.3 Å². The molecule has 0 bridgehead atoms. The van der Waals surface area contributed by atoms with E-state index in [9.17, 15) is 4.79 Å². The highest BCUT2D eigenvalue weighted by molar-refractivity contribution is 6.30. The number of halogens is 3. The zero-order valence-corrected chi connectivity index (χ0v) is 15.4. The number of amides is 1. The maximum atomic E-state index is 12.5. The van der Waals surface area contributed by atoms with Crippen molar-refractivity contribution < 1.29 is 9.53 Å². The lowest BCUT2D eigenvalue weighted by atomic mass is 9.79. The van der Waals surface area contributed by atoms with Crippen LogP contribution in [-0.2, 0) is 16.1 Å². The summed E-state index contributed by atoms with van der Waals surface area (Å²) in [5.74, 6) is -0.0200. The third kappa shape index (κ3) is 4.32. The monoisotopic (exact) mass is 394 g/mol. The Morgan fingerprint density at radius 1 is 1.33 bits per heavy atom. The van der Waals surface area contributed by atoms with Gasteiger partial charge in [-0.1, -0.05) is 11.6 Å². The Bertz CT molecular complexity index is 686. The van der Waals surface area contributed by atoms with Crippen molar-refractivity contribution in [2.75, 3.05) is 19.8 Å². The van der Waals surface area contributed by atoms with Crippen molar-refractivity contribution in [2.24, 2.45) is 11.1 Å². The normalized spacial score (nSPS) is 16.1. The Kier molecular flexibility index (Phi) is 7.76. The summed E-state index contributed by atoms with van der Waals surface area (Å²) in [5, 5.41) is 3.60. The molecule has 3 heterocycles. The number of ether oxygens (including phenoxy) is 1. The molecule has 3 rings (SSSR count). The van der Waals surface area contributed by atoms with E-state index in [1.54, 1.807) is 12.3 Å². The van der Waals surface area contributed by atoms with E-state index < -0.39 is 5.41 Å². The van der Waals surface area contributed by atoms with Crippen LogP contribution in [0.2, 0.25) is 5.02 Å². The van der Waals surface area contributed by atoms with E-state index in [4.69, 9.17) is 22.1 Å². The average molecular weight is 396 g/mol. The zero-order valence-electron chi connectivity index (χ0n) is 13.0. The smallest absolute Gasteiger partial charge is 0.227 e. The van der Waals surface area contributed by atoms with E-state index in [1.807, 2.05) is 16.7 Å². The minimum atomic E-state index is -0.513. The summed E-state index contributed by atoms with van der Waals surface area (Å²) in [5.41, 5.74) is 6.91. The number of nitrogens with two attached hydrogens (primary N) is 1. The van der Waals surface area contributed by atoms with E-state index in [-0.39, 0.29) is 30.7 Å². The molecular weight excluding hydrogens is 375 g/mol. The molecule has 1 amide bonds. The molecule has 1 aliphatic heterocycles. The predicted molar refractivity (Wildman–Crippen MR) is 98.1 cm³/mol. The molecule has 24 heavy (non-hydrogen) atoms. The third-order valence-electron chi connectivity index (χ3n) is 4.22. The Morgan fingerprint density at radius 2 is 2.04 bits per heavy atom. The summed E-state index contributed by atoms with van der Waals surface area (Å²) in [4.78, 5) is 16.9. The van der Waals surface area contributed by atoms with Gasteiger partial charge >= 0.3 is 0 Å². The van der Waals surface area contributed by atoms with Crippen LogP contribution in [0.15, 0.2) is 24.5 Å². The van der Waals surface area contributed by atoms with Crippen molar-refractivity contribution in [2.45, 2.75) is 19.4 Å². The fourth-order valence-electron chi connectivity index (χ4n) is 2.75. The summed E-state index contributed by atoms with van der Waals surface area (Å²) in [6, 6.07) is 3.63. The van der Waals surface area contributed by atoms with Crippen molar-refractivity contribution in [3.63, 3.8) is 0 Å². The van der Waals surface area contributed by atoms with Crippen molar-refractivity contribution in [3.8, 4) is 0 Å². The second-order valence-corrected chi connectivity index (χ2v) is 6.06. The number of hydrogen-bond donors (Lipinski definition) is 2. The van der Waals surface area contributed by atoms with E-state index in [1.165, 1.54) is 0 Å². The first kappa shape index (κ1) is 21.0. The van der Waals surface area contributed by atoms with Gasteiger partial charge in [0, 0.05) is 32.2 Å². The highest BCUT2D eigenvalue weighted by atomic mass is 35.5. The van der Waals surface area contributed by atoms with Crippen LogP contribution in [0.4, 0.5) is 0 Å². The first-order valence-corrected chi connectivity index (χ1v) is 7.70. The highest BCUT2D eigenvalue weighted by Gasteiger charge is 2.38. The van der Waals surface area contributed by atoms with Crippen molar-refractivity contribution in [1.29, 1.82) is 0 Å². The number of nitrogens with zero attached hydrogens (tertiary/aromatic N) is 2. The van der Waals surface area contributed by atoms with Crippen LogP contribution < -0.4 is 11.1 Å². The van der Waals surface area contributed by atoms with Gasteiger partial charge in [-0.05, 0) is 25.0 Å². The number of carbonyl (C=O) groups excluding carboxylic acids is 1. The molecule has 0 saturated carbocycles. The summed E-state index contributed by atoms with van der Waals surface area (Å²) in [6.07, 6.45) is 4.97. The van der Waals surface area contributed by atoms with Crippen molar-refractivity contribution in [3.05, 3.63) is 35.2 Å². The molecule has 0 spiro atoms. The number of nitrogens with one attached hydrogen (secondary N) is 1. The predicted octanol–water partition coefficient (Wildman–Crippen LogP) is 2.20. The van der Waals surface area contributed by atoms with Crippen LogP contribution in [0.5, 0.6) is 0 Å². The summed E-state index contributed by atoms with van der Waals surface area (Å²) >= 11 is 5.95. The van der Waals surface area contributed by atoms with Crippen LogP contribution in [0.3, 0.4) is 0 Å². The Balaban J connectivity index is 0.00000144. The highest BCUT2D eigenvalue weighted by Crippen LogP contribution is 2.29. The van der Waals surface area contributed by atoms with Gasteiger partial charge in [-0.2, -0.15) is 0 Å². The quantitative estimate of drug-likeness (QED) is 0.831. The summed E-state index contributed by atoms with van der Waals surface area (Å²) < 4.78 is 7.17. The molecule has 1 aliphatic rings. The van der Waals surface area contributed by atoms with Crippen LogP contribution >= 0.6 is 36.4 Å². The molecule has 1 saturated heterocycles. The van der Waals surface area contributed by atoms with Gasteiger partial charge in [0.15, 0.2) is 0 Å². The molecule has 0 aliphatic carbocycles. The van der Waals surface area contributed by atoms with Crippen LogP contribution in [0, 0.1) is 5.41 Å². The molecule has 0 unspecified atom stereocenters. The fraction of sp³-hybridized carbons (Fsp3) is 0.467. The third-order valence-corrected chi connectivity index (χ3v) is 4.44. The largest absolute Gasteiger partial charge is 0.381 e. The Morgan fingerprint density at radius 3 is 2.71 bits per heavy atom. The number of imidazole rings is 1. The van der Waals surface area contributed by atoms with Crippen LogP contribution in [-0.4, -0.2) is 35.1 Å². The van der Waals surface area contributed by atoms with Crippen molar-refractivity contribution in [1.82, 2.24) is 14.7 Å². The first-order chi connectivity index (χ1) is 10.6. The molecule has 3 N–H and O–H groups in total. The Labute approximate surface area is 157 Å². The molecule has 0 atom stereocenters. The molecule has 2 aromatic heterocycles. The van der Waals surface area contributed by atoms with E-state index in [0.29, 0.717) is 44.2 Å². The molecule has 1 fully saturated rings. The molecule has 9 heteroatoms. The Hall–Kier alpha value is -1.05. The van der Waals surface area contributed by atoms with Gasteiger partial charge in [-0.15, -0.1) is 24.8 Å². The van der Waals surface area contributed by atoms with Gasteiger partial charge in [0.05, 0.1) is 22.7 Å². The van der Waals surface area contributed by atoms with Gasteiger partial charge in [0.1, 0.15) is 5.65 Å². The fourth-order valence-corrected chi connectivity index (χ4v) is 2.91. The number of fused-ring (bicyclic) bond motifs is 1. The number of aromatic nitrogens is 2. The first-order valence-electron chi connectivity index (χ1n) is 7.32. The average Bonchev–Trinajstić information content (AvgIpc) is 2.95. The molecule has 134 valence electrons. The molecule has 0 radical (unpaired) electrons. The van der Waals surface area contributed by atoms with Gasteiger partial charge in [-0.25, -0.2) is 4.98 Å². The lowest BCUT2D eigenvalue weighted by molar-refractivity contribution is -0.136. The molecule has 2 aromatic rings. The SMILES string of the molecule is Cl.Cl.NCC1(C(=O)NCc2cn3cc(Cl)ccc3n2)CCOCC1. The molecule has 0 aromatic carbocycles. The lowest BCUT2D eigenvalue weighted by Gasteiger charge is -2.34. The van der Waals surface area contributed by atoms with Gasteiger partial charge in [-0.3, -0.25) is 4.79 Å². The van der Waals surface area contributed by atoms with E-state index in [2.05, 4.69) is 10.3 Å². The van der Waals surface area contributed by atoms with Crippen molar-refractivity contribution >= 4 is 48.0 Å². The van der Waals surface area contributed by atoms with Gasteiger partial charge in [0.25, 0.3) is 0 Å². The summed E-state index contributed by atoms with van der Waals surface area (Å²) in [6.45, 7) is 1.87. The van der Waals surface area contributed by atoms with E-state index >= 15 is 0 Å². The van der Waals surface area contributed by atoms with Crippen LogP contribution in [0.1, 0.15) is 18.5 Å². The second kappa shape index (κ2) is 8.87. The van der Waals surface area contributed by atoms with Crippen LogP contribution in [0.25, 0.3) is 5.65 Å². The maximum Gasteiger partial charge on any atom is 0.227 e. The van der Waals surface area contributed by atoms with Gasteiger partial charge < -0.3 is 20.2 Å². The molecule has 6 nitrogen and oxygen atoms in total. The minimum absolute atomic E-state index is 0. The zero-order chi connectivity index (χ0) is 15.6. The number of hydrogen-bond acceptors (Lipinski definition) is 4. The maximum absolute atomic E-state index is 12.5. The van der Waals surface area contributed by atoms with Gasteiger partial charge in [0.2, 0.25) is 5.91 Å². The number of pyridine rings is 1. The lowest BCUT2D eigenvalue weighted by Crippen LogP contribution is -2.49. The standard InChI is InChI=1S/C15H19ClN4O2.2ClH/c16-11-1-2-13-19-12(9-20(13)8-11)7-18-14(21)15(10-17)3-5-22-6-4-15;;/h1-2,8-9H,3-7,10,17H2,(H,18,21);2*1H. The number of carbonyl (C=O) groups is 1. The second-order valence-electron chi connectivity index (χ2n) is 5.62. The molecular formula is C15H21Cl3N4O2. The summed E-state index contributed by atoms with van der Waals surface area (Å²) in [7, 11) is 0.